The van der Waals surface area contributed by atoms with Crippen LogP contribution in [0, 0.1) is 0 Å². The highest BCUT2D eigenvalue weighted by Crippen LogP contribution is 2.58. The van der Waals surface area contributed by atoms with Crippen LogP contribution >= 0.6 is 10.0 Å². The third-order valence-electron chi connectivity index (χ3n) is 4.95. The second kappa shape index (κ2) is 6.23. The van der Waals surface area contributed by atoms with Gasteiger partial charge in [-0.1, -0.05) is 30.3 Å². The van der Waals surface area contributed by atoms with Gasteiger partial charge in [-0.3, -0.25) is 14.9 Å². The number of carbonyl (C=O) groups is 2. The maximum atomic E-state index is 12.6. The number of amides is 2. The first kappa shape index (κ1) is 16.2. The monoisotopic (exact) mass is 355 g/mol. The summed E-state index contributed by atoms with van der Waals surface area (Å²) in [5.41, 5.74) is 3.58. The highest BCUT2D eigenvalue weighted by atomic mass is 32.3. The van der Waals surface area contributed by atoms with E-state index in [9.17, 15) is 9.59 Å². The molecule has 2 heterocycles. The van der Waals surface area contributed by atoms with E-state index in [0.29, 0.717) is 0 Å². The van der Waals surface area contributed by atoms with Crippen LogP contribution < -0.4 is 10.1 Å². The SMILES string of the molecule is CS1(c2ccc3c(c2Cc2ccccc2)CCCO3)CC(=O)NC1=O. The molecule has 4 rings (SSSR count). The zero-order chi connectivity index (χ0) is 17.4. The van der Waals surface area contributed by atoms with Crippen molar-refractivity contribution in [1.29, 1.82) is 0 Å². The van der Waals surface area contributed by atoms with Crippen LogP contribution in [-0.4, -0.2) is 29.8 Å². The molecule has 2 aliphatic rings. The molecular weight excluding hydrogens is 334 g/mol. The first-order valence-electron chi connectivity index (χ1n) is 8.49. The second-order valence-electron chi connectivity index (χ2n) is 6.70. The van der Waals surface area contributed by atoms with Gasteiger partial charge in [-0.05, 0) is 54.3 Å². The smallest absolute Gasteiger partial charge is 0.272 e. The topological polar surface area (TPSA) is 55.4 Å². The summed E-state index contributed by atoms with van der Waals surface area (Å²) in [6.45, 7) is 0.736. The van der Waals surface area contributed by atoms with Crippen molar-refractivity contribution in [3.63, 3.8) is 0 Å². The van der Waals surface area contributed by atoms with E-state index in [1.807, 2.05) is 36.6 Å². The van der Waals surface area contributed by atoms with Crippen LogP contribution in [0.25, 0.3) is 0 Å². The van der Waals surface area contributed by atoms with Gasteiger partial charge in [0, 0.05) is 4.90 Å². The van der Waals surface area contributed by atoms with Crippen LogP contribution in [0.3, 0.4) is 0 Å². The Bertz CT molecular complexity index is 850. The van der Waals surface area contributed by atoms with E-state index in [1.54, 1.807) is 0 Å². The first-order chi connectivity index (χ1) is 12.1. The molecule has 0 saturated carbocycles. The number of benzene rings is 2. The van der Waals surface area contributed by atoms with E-state index in [2.05, 4.69) is 17.4 Å². The van der Waals surface area contributed by atoms with Gasteiger partial charge in [-0.25, -0.2) is 0 Å². The molecule has 4 nitrogen and oxygen atoms in total. The standard InChI is InChI=1S/C20H21NO3S/c1-25(13-19(22)21-20(25)23)18-10-9-17-15(8-5-11-24-17)16(18)12-14-6-3-2-4-7-14/h2-4,6-7,9-10H,5,8,11-13H2,1H3,(H,21,22,23). The molecule has 25 heavy (non-hydrogen) atoms. The number of ether oxygens (including phenoxy) is 1. The Morgan fingerprint density at radius 2 is 1.92 bits per heavy atom. The summed E-state index contributed by atoms with van der Waals surface area (Å²) in [5, 5.41) is 2.38. The summed E-state index contributed by atoms with van der Waals surface area (Å²) in [4.78, 5) is 25.4. The summed E-state index contributed by atoms with van der Waals surface area (Å²) < 4.78 is 5.84. The average Bonchev–Trinajstić information content (AvgIpc) is 2.89. The van der Waals surface area contributed by atoms with Crippen LogP contribution in [0.15, 0.2) is 47.4 Å². The molecule has 0 bridgehead atoms. The molecule has 1 atom stereocenters. The van der Waals surface area contributed by atoms with Crippen molar-refractivity contribution in [3.05, 3.63) is 59.2 Å². The van der Waals surface area contributed by atoms with Gasteiger partial charge in [0.05, 0.1) is 12.4 Å². The lowest BCUT2D eigenvalue weighted by Crippen LogP contribution is -2.20. The van der Waals surface area contributed by atoms with E-state index < -0.39 is 10.0 Å². The van der Waals surface area contributed by atoms with Gasteiger partial charge in [0.15, 0.2) is 0 Å². The van der Waals surface area contributed by atoms with Crippen molar-refractivity contribution >= 4 is 21.2 Å². The predicted octanol–water partition coefficient (Wildman–Crippen LogP) is 3.65. The van der Waals surface area contributed by atoms with E-state index >= 15 is 0 Å². The summed E-state index contributed by atoms with van der Waals surface area (Å²) >= 11 is 0. The fourth-order valence-corrected chi connectivity index (χ4v) is 6.20. The lowest BCUT2D eigenvalue weighted by Gasteiger charge is -2.32. The molecule has 1 N–H and O–H groups in total. The number of carbonyl (C=O) groups excluding carboxylic acids is 2. The molecule has 1 fully saturated rings. The molecule has 0 aromatic heterocycles. The minimum Gasteiger partial charge on any atom is -0.493 e. The van der Waals surface area contributed by atoms with E-state index in [4.69, 9.17) is 4.74 Å². The molecule has 130 valence electrons. The summed E-state index contributed by atoms with van der Waals surface area (Å²) in [7, 11) is -1.85. The normalized spacial score (nSPS) is 24.8. The Morgan fingerprint density at radius 3 is 2.64 bits per heavy atom. The van der Waals surface area contributed by atoms with Crippen molar-refractivity contribution in [3.8, 4) is 5.75 Å². The lowest BCUT2D eigenvalue weighted by molar-refractivity contribution is -0.117. The molecule has 1 saturated heterocycles. The van der Waals surface area contributed by atoms with Crippen molar-refractivity contribution in [1.82, 2.24) is 5.32 Å². The van der Waals surface area contributed by atoms with Crippen molar-refractivity contribution < 1.29 is 14.3 Å². The molecule has 0 spiro atoms. The second-order valence-corrected chi connectivity index (χ2v) is 9.98. The Morgan fingerprint density at radius 1 is 1.12 bits per heavy atom. The van der Waals surface area contributed by atoms with Crippen LogP contribution in [0.2, 0.25) is 0 Å². The van der Waals surface area contributed by atoms with Gasteiger partial charge in [0.25, 0.3) is 5.24 Å². The van der Waals surface area contributed by atoms with Crippen molar-refractivity contribution in [2.45, 2.75) is 24.2 Å². The third kappa shape index (κ3) is 2.82. The quantitative estimate of drug-likeness (QED) is 0.914. The number of hydrogen-bond acceptors (Lipinski definition) is 3. The molecule has 2 amide bonds. The van der Waals surface area contributed by atoms with Gasteiger partial charge in [0.2, 0.25) is 5.91 Å². The van der Waals surface area contributed by atoms with Gasteiger partial charge in [-0.15, -0.1) is 10.0 Å². The highest BCUT2D eigenvalue weighted by Gasteiger charge is 2.41. The Hall–Kier alpha value is -2.27. The third-order valence-corrected chi connectivity index (χ3v) is 8.07. The molecule has 0 aliphatic carbocycles. The van der Waals surface area contributed by atoms with Crippen LogP contribution in [0.4, 0.5) is 4.79 Å². The van der Waals surface area contributed by atoms with E-state index in [1.165, 1.54) is 16.7 Å². The highest BCUT2D eigenvalue weighted by molar-refractivity contribution is 8.45. The Labute approximate surface area is 148 Å². The Kier molecular flexibility index (Phi) is 4.04. The number of nitrogens with one attached hydrogen (secondary N) is 1. The van der Waals surface area contributed by atoms with Crippen molar-refractivity contribution in [2.75, 3.05) is 18.6 Å². The molecule has 2 aromatic rings. The van der Waals surface area contributed by atoms with Gasteiger partial charge >= 0.3 is 0 Å². The number of imide groups is 1. The summed E-state index contributed by atoms with van der Waals surface area (Å²) in [5.74, 6) is 1.04. The van der Waals surface area contributed by atoms with Gasteiger partial charge in [0.1, 0.15) is 5.75 Å². The fourth-order valence-electron chi connectivity index (χ4n) is 3.67. The van der Waals surface area contributed by atoms with Crippen LogP contribution in [0.5, 0.6) is 5.75 Å². The zero-order valence-corrected chi connectivity index (χ0v) is 15.0. The minimum atomic E-state index is -1.85. The molecule has 1 unspecified atom stereocenters. The first-order valence-corrected chi connectivity index (χ1v) is 10.7. The predicted molar refractivity (Wildman–Crippen MR) is 99.7 cm³/mol. The molecule has 0 radical (unpaired) electrons. The van der Waals surface area contributed by atoms with Gasteiger partial charge < -0.3 is 4.74 Å². The lowest BCUT2D eigenvalue weighted by atomic mass is 9.95. The fraction of sp³-hybridized carbons (Fsp3) is 0.300. The van der Waals surface area contributed by atoms with Crippen LogP contribution in [0.1, 0.15) is 23.1 Å². The van der Waals surface area contributed by atoms with E-state index in [-0.39, 0.29) is 16.9 Å². The molecular formula is C20H21NO3S. The summed E-state index contributed by atoms with van der Waals surface area (Å²) in [6, 6.07) is 14.3. The minimum absolute atomic E-state index is 0.122. The largest absolute Gasteiger partial charge is 0.493 e. The molecule has 5 heteroatoms. The number of hydrogen-bond donors (Lipinski definition) is 1. The maximum absolute atomic E-state index is 12.6. The zero-order valence-electron chi connectivity index (χ0n) is 14.2. The maximum Gasteiger partial charge on any atom is 0.272 e. The van der Waals surface area contributed by atoms with E-state index in [0.717, 1.165) is 36.5 Å². The average molecular weight is 355 g/mol. The van der Waals surface area contributed by atoms with Gasteiger partial charge in [-0.2, -0.15) is 0 Å². The molecule has 2 aromatic carbocycles. The number of fused-ring (bicyclic) bond motifs is 1. The number of rotatable bonds is 3. The Balaban J connectivity index is 1.86. The van der Waals surface area contributed by atoms with Crippen molar-refractivity contribution in [2.24, 2.45) is 0 Å². The molecule has 2 aliphatic heterocycles. The summed E-state index contributed by atoms with van der Waals surface area (Å²) in [6.07, 6.45) is 4.64. The van der Waals surface area contributed by atoms with Crippen LogP contribution in [-0.2, 0) is 17.6 Å².